The Bertz CT molecular complexity index is 913. The predicted octanol–water partition coefficient (Wildman–Crippen LogP) is 5.21. The SMILES string of the molecule is FC(F)(F)C1(C(F)(F)F)N=C(c2ccccc2)N2c3ccccc3C=CC21. The van der Waals surface area contributed by atoms with Gasteiger partial charge in [-0.1, -0.05) is 60.7 Å². The number of aliphatic imine (C=N–C) groups is 1. The second kappa shape index (κ2) is 5.61. The maximum Gasteiger partial charge on any atom is 0.425 e. The van der Waals surface area contributed by atoms with Crippen LogP contribution in [0.1, 0.15) is 11.1 Å². The van der Waals surface area contributed by atoms with Crippen LogP contribution in [0.5, 0.6) is 0 Å². The van der Waals surface area contributed by atoms with E-state index >= 15 is 0 Å². The summed E-state index contributed by atoms with van der Waals surface area (Å²) in [6, 6.07) is 11.9. The minimum absolute atomic E-state index is 0.183. The number of anilines is 1. The van der Waals surface area contributed by atoms with E-state index in [0.29, 0.717) is 5.56 Å². The molecule has 4 rings (SSSR count). The largest absolute Gasteiger partial charge is 0.425 e. The smallest absolute Gasteiger partial charge is 0.315 e. The first-order valence-electron chi connectivity index (χ1n) is 8.02. The molecule has 2 aliphatic heterocycles. The van der Waals surface area contributed by atoms with Crippen LogP contribution < -0.4 is 4.90 Å². The molecule has 27 heavy (non-hydrogen) atoms. The van der Waals surface area contributed by atoms with E-state index in [-0.39, 0.29) is 17.1 Å². The Morgan fingerprint density at radius 1 is 0.815 bits per heavy atom. The quantitative estimate of drug-likeness (QED) is 0.618. The third-order valence-electron chi connectivity index (χ3n) is 4.77. The Labute approximate surface area is 150 Å². The summed E-state index contributed by atoms with van der Waals surface area (Å²) in [6.07, 6.45) is -9.03. The zero-order valence-corrected chi connectivity index (χ0v) is 13.6. The van der Waals surface area contributed by atoms with E-state index in [4.69, 9.17) is 0 Å². The number of amidine groups is 1. The average Bonchev–Trinajstić information content (AvgIpc) is 2.99. The van der Waals surface area contributed by atoms with Gasteiger partial charge in [0.05, 0.1) is 11.7 Å². The van der Waals surface area contributed by atoms with Crippen molar-refractivity contribution in [2.45, 2.75) is 23.9 Å². The number of nitrogens with zero attached hydrogens (tertiary/aromatic N) is 2. The highest BCUT2D eigenvalue weighted by Gasteiger charge is 2.78. The topological polar surface area (TPSA) is 15.6 Å². The molecule has 0 saturated carbocycles. The van der Waals surface area contributed by atoms with E-state index < -0.39 is 23.9 Å². The first-order chi connectivity index (χ1) is 12.7. The molecule has 0 radical (unpaired) electrons. The van der Waals surface area contributed by atoms with Crippen LogP contribution >= 0.6 is 0 Å². The fourth-order valence-electron chi connectivity index (χ4n) is 3.55. The van der Waals surface area contributed by atoms with Gasteiger partial charge in [-0.05, 0) is 11.6 Å². The zero-order valence-electron chi connectivity index (χ0n) is 13.6. The van der Waals surface area contributed by atoms with Gasteiger partial charge < -0.3 is 4.90 Å². The third-order valence-corrected chi connectivity index (χ3v) is 4.77. The van der Waals surface area contributed by atoms with Gasteiger partial charge in [-0.2, -0.15) is 26.3 Å². The average molecular weight is 382 g/mol. The first kappa shape index (κ1) is 17.6. The van der Waals surface area contributed by atoms with E-state index in [0.717, 1.165) is 11.0 Å². The van der Waals surface area contributed by atoms with Crippen molar-refractivity contribution in [3.05, 3.63) is 71.8 Å². The van der Waals surface area contributed by atoms with Crippen molar-refractivity contribution < 1.29 is 26.3 Å². The molecule has 2 aliphatic rings. The lowest BCUT2D eigenvalue weighted by atomic mass is 9.86. The molecule has 2 aromatic carbocycles. The molecule has 8 heteroatoms. The fraction of sp³-hybridized carbons (Fsp3) is 0.211. The van der Waals surface area contributed by atoms with Gasteiger partial charge in [0, 0.05) is 5.56 Å². The van der Waals surface area contributed by atoms with Gasteiger partial charge in [0.25, 0.3) is 5.54 Å². The lowest BCUT2D eigenvalue weighted by Crippen LogP contribution is -2.64. The predicted molar refractivity (Wildman–Crippen MR) is 89.6 cm³/mol. The van der Waals surface area contributed by atoms with Crippen molar-refractivity contribution in [1.29, 1.82) is 0 Å². The molecular formula is C19H12F6N2. The Hall–Kier alpha value is -2.77. The highest BCUT2D eigenvalue weighted by Crippen LogP contribution is 2.55. The van der Waals surface area contributed by atoms with Gasteiger partial charge >= 0.3 is 12.4 Å². The van der Waals surface area contributed by atoms with E-state index in [1.807, 2.05) is 0 Å². The van der Waals surface area contributed by atoms with Gasteiger partial charge in [0.1, 0.15) is 5.84 Å². The molecule has 2 heterocycles. The van der Waals surface area contributed by atoms with Crippen molar-refractivity contribution in [2.24, 2.45) is 4.99 Å². The van der Waals surface area contributed by atoms with Crippen molar-refractivity contribution in [3.8, 4) is 0 Å². The summed E-state index contributed by atoms with van der Waals surface area (Å²) in [5, 5.41) is 0. The molecule has 2 aromatic rings. The standard InChI is InChI=1S/C19H12F6N2/c20-18(21,22)17(19(23,24)25)15-11-10-12-6-4-5-9-14(12)27(15)16(26-17)13-7-2-1-3-8-13/h1-11,15H. The lowest BCUT2D eigenvalue weighted by Gasteiger charge is -2.40. The van der Waals surface area contributed by atoms with Crippen molar-refractivity contribution in [2.75, 3.05) is 4.90 Å². The van der Waals surface area contributed by atoms with E-state index in [1.54, 1.807) is 36.4 Å². The molecule has 0 N–H and O–H groups in total. The molecule has 2 nitrogen and oxygen atoms in total. The summed E-state index contributed by atoms with van der Waals surface area (Å²) in [4.78, 5) is 4.35. The molecule has 0 aliphatic carbocycles. The summed E-state index contributed by atoms with van der Waals surface area (Å²) in [6.45, 7) is 0. The Morgan fingerprint density at radius 2 is 1.41 bits per heavy atom. The minimum Gasteiger partial charge on any atom is -0.315 e. The monoisotopic (exact) mass is 382 g/mol. The van der Waals surface area contributed by atoms with E-state index in [9.17, 15) is 26.3 Å². The second-order valence-electron chi connectivity index (χ2n) is 6.30. The normalized spacial score (nSPS) is 20.9. The molecule has 0 amide bonds. The Balaban J connectivity index is 2.03. The van der Waals surface area contributed by atoms with Gasteiger partial charge in [-0.15, -0.1) is 0 Å². The summed E-state index contributed by atoms with van der Waals surface area (Å²) in [5.74, 6) is -0.355. The van der Waals surface area contributed by atoms with E-state index in [1.165, 1.54) is 24.3 Å². The maximum absolute atomic E-state index is 13.9. The summed E-state index contributed by atoms with van der Waals surface area (Å²) in [7, 11) is 0. The second-order valence-corrected chi connectivity index (χ2v) is 6.30. The number of halogens is 6. The molecule has 0 aromatic heterocycles. The highest BCUT2D eigenvalue weighted by atomic mass is 19.4. The lowest BCUT2D eigenvalue weighted by molar-refractivity contribution is -0.294. The number of hydrogen-bond acceptors (Lipinski definition) is 2. The number of benzene rings is 2. The zero-order chi connectivity index (χ0) is 19.4. The van der Waals surface area contributed by atoms with Gasteiger partial charge in [0.2, 0.25) is 0 Å². The van der Waals surface area contributed by atoms with Crippen LogP contribution in [-0.4, -0.2) is 29.8 Å². The molecule has 0 saturated heterocycles. The molecule has 1 unspecified atom stereocenters. The maximum atomic E-state index is 13.9. The first-order valence-corrected chi connectivity index (χ1v) is 8.02. The Morgan fingerprint density at radius 3 is 2.04 bits per heavy atom. The molecule has 0 spiro atoms. The number of rotatable bonds is 1. The Kier molecular flexibility index (Phi) is 3.66. The van der Waals surface area contributed by atoms with Gasteiger partial charge in [-0.25, -0.2) is 4.99 Å². The van der Waals surface area contributed by atoms with Crippen LogP contribution in [-0.2, 0) is 0 Å². The van der Waals surface area contributed by atoms with Crippen LogP contribution in [0.2, 0.25) is 0 Å². The van der Waals surface area contributed by atoms with Gasteiger partial charge in [0.15, 0.2) is 0 Å². The molecule has 1 atom stereocenters. The third kappa shape index (κ3) is 2.39. The van der Waals surface area contributed by atoms with Crippen LogP contribution in [0.15, 0.2) is 65.7 Å². The number of para-hydroxylation sites is 1. The van der Waals surface area contributed by atoms with E-state index in [2.05, 4.69) is 4.99 Å². The minimum atomic E-state index is -5.62. The summed E-state index contributed by atoms with van der Waals surface area (Å²) in [5.41, 5.74) is -3.28. The molecule has 0 fully saturated rings. The molecule has 0 bridgehead atoms. The van der Waals surface area contributed by atoms with Crippen molar-refractivity contribution >= 4 is 17.6 Å². The highest BCUT2D eigenvalue weighted by molar-refractivity contribution is 6.14. The van der Waals surface area contributed by atoms with Crippen molar-refractivity contribution in [3.63, 3.8) is 0 Å². The van der Waals surface area contributed by atoms with Crippen LogP contribution in [0.25, 0.3) is 6.08 Å². The van der Waals surface area contributed by atoms with Crippen LogP contribution in [0.4, 0.5) is 32.0 Å². The fourth-order valence-corrected chi connectivity index (χ4v) is 3.55. The van der Waals surface area contributed by atoms with Gasteiger partial charge in [-0.3, -0.25) is 0 Å². The van der Waals surface area contributed by atoms with Crippen LogP contribution in [0, 0.1) is 0 Å². The number of hydrogen-bond donors (Lipinski definition) is 0. The summed E-state index contributed by atoms with van der Waals surface area (Å²) < 4.78 is 83.2. The van der Waals surface area contributed by atoms with Crippen LogP contribution in [0.3, 0.4) is 0 Å². The molecule has 140 valence electrons. The van der Waals surface area contributed by atoms with Crippen molar-refractivity contribution in [1.82, 2.24) is 0 Å². The number of alkyl halides is 6. The molecular weight excluding hydrogens is 370 g/mol. The number of fused-ring (bicyclic) bond motifs is 3. The summed E-state index contributed by atoms with van der Waals surface area (Å²) >= 11 is 0.